The van der Waals surface area contributed by atoms with E-state index in [1.807, 2.05) is 5.16 Å². The molecule has 0 fully saturated rings. The number of isothiocyanates is 1. The normalized spacial score (nSPS) is 11.0. The van der Waals surface area contributed by atoms with E-state index in [0.717, 1.165) is 12.1 Å². The number of rotatable bonds is 4. The number of benzene rings is 3. The minimum absolute atomic E-state index is 0.304. The Morgan fingerprint density at radius 3 is 1.61 bits per heavy atom. The van der Waals surface area contributed by atoms with Gasteiger partial charge < -0.3 is 4.74 Å². The van der Waals surface area contributed by atoms with E-state index in [1.165, 1.54) is 24.3 Å². The van der Waals surface area contributed by atoms with Crippen molar-refractivity contribution in [3.63, 3.8) is 0 Å². The minimum atomic E-state index is -4.75. The second kappa shape index (κ2) is 7.88. The van der Waals surface area contributed by atoms with Gasteiger partial charge in [0, 0.05) is 0 Å². The van der Waals surface area contributed by atoms with Crippen molar-refractivity contribution in [2.75, 3.05) is 0 Å². The van der Waals surface area contributed by atoms with Crippen molar-refractivity contribution < 1.29 is 26.7 Å². The summed E-state index contributed by atoms with van der Waals surface area (Å²) in [5.74, 6) is -2.05. The first-order chi connectivity index (χ1) is 13.3. The van der Waals surface area contributed by atoms with Crippen LogP contribution in [0.3, 0.4) is 0 Å². The highest BCUT2D eigenvalue weighted by Gasteiger charge is 2.30. The average Bonchev–Trinajstić information content (AvgIpc) is 2.64. The van der Waals surface area contributed by atoms with Crippen LogP contribution < -0.4 is 4.74 Å². The Morgan fingerprint density at radius 2 is 1.18 bits per heavy atom. The predicted molar refractivity (Wildman–Crippen MR) is 98.6 cm³/mol. The summed E-state index contributed by atoms with van der Waals surface area (Å²) >= 11 is 4.36. The Kier molecular flexibility index (Phi) is 5.53. The third-order valence-corrected chi connectivity index (χ3v) is 3.91. The second-order valence-electron chi connectivity index (χ2n) is 5.64. The molecule has 2 nitrogen and oxygen atoms in total. The molecule has 0 radical (unpaired) electrons. The van der Waals surface area contributed by atoms with Crippen LogP contribution in [-0.2, 0) is 0 Å². The van der Waals surface area contributed by atoms with E-state index in [1.54, 1.807) is 24.3 Å². The predicted octanol–water partition coefficient (Wildman–Crippen LogP) is 6.93. The van der Waals surface area contributed by atoms with Crippen LogP contribution in [0.15, 0.2) is 65.7 Å². The standard InChI is InChI=1S/C20H10F5NOS/c21-17-9-15(10-18(22)19(17)26-11-28)14-3-1-12(2-4-14)13-5-7-16(8-6-13)27-20(23,24)25/h1-10H. The van der Waals surface area contributed by atoms with Gasteiger partial charge in [-0.2, -0.15) is 4.99 Å². The van der Waals surface area contributed by atoms with E-state index >= 15 is 0 Å². The lowest BCUT2D eigenvalue weighted by atomic mass is 10.00. The first-order valence-electron chi connectivity index (χ1n) is 7.80. The fourth-order valence-corrected chi connectivity index (χ4v) is 2.68. The van der Waals surface area contributed by atoms with Gasteiger partial charge in [0.05, 0.1) is 5.16 Å². The first kappa shape index (κ1) is 19.7. The monoisotopic (exact) mass is 407 g/mol. The van der Waals surface area contributed by atoms with Crippen molar-refractivity contribution in [2.24, 2.45) is 4.99 Å². The summed E-state index contributed by atoms with van der Waals surface area (Å²) in [6.07, 6.45) is -4.75. The molecule has 28 heavy (non-hydrogen) atoms. The topological polar surface area (TPSA) is 21.6 Å². The Morgan fingerprint density at radius 1 is 0.750 bits per heavy atom. The van der Waals surface area contributed by atoms with E-state index in [-0.39, 0.29) is 5.75 Å². The minimum Gasteiger partial charge on any atom is -0.406 e. The molecule has 0 aromatic heterocycles. The molecule has 0 aliphatic heterocycles. The summed E-state index contributed by atoms with van der Waals surface area (Å²) in [6.45, 7) is 0. The maximum absolute atomic E-state index is 14.0. The number of ether oxygens (including phenoxy) is 1. The van der Waals surface area contributed by atoms with Crippen molar-refractivity contribution >= 4 is 23.1 Å². The van der Waals surface area contributed by atoms with Gasteiger partial charge in [-0.25, -0.2) is 8.78 Å². The highest BCUT2D eigenvalue weighted by molar-refractivity contribution is 7.78. The van der Waals surface area contributed by atoms with Gasteiger partial charge in [0.25, 0.3) is 0 Å². The van der Waals surface area contributed by atoms with Crippen LogP contribution in [0.1, 0.15) is 0 Å². The fraction of sp³-hybridized carbons (Fsp3) is 0.0500. The van der Waals surface area contributed by atoms with Gasteiger partial charge in [-0.1, -0.05) is 36.4 Å². The molecule has 142 valence electrons. The molecular weight excluding hydrogens is 397 g/mol. The maximum Gasteiger partial charge on any atom is 0.573 e. The molecule has 0 amide bonds. The van der Waals surface area contributed by atoms with Crippen LogP contribution in [0.2, 0.25) is 0 Å². The third kappa shape index (κ3) is 4.60. The summed E-state index contributed by atoms with van der Waals surface area (Å²) in [5, 5.41) is 1.92. The molecule has 0 atom stereocenters. The number of nitrogens with zero attached hydrogens (tertiary/aromatic N) is 1. The van der Waals surface area contributed by atoms with Crippen molar-refractivity contribution in [3.8, 4) is 28.0 Å². The Labute approximate surface area is 161 Å². The molecule has 8 heteroatoms. The Hall–Kier alpha value is -3.09. The third-order valence-electron chi connectivity index (χ3n) is 3.81. The Balaban J connectivity index is 1.85. The molecule has 0 saturated carbocycles. The van der Waals surface area contributed by atoms with Crippen molar-refractivity contribution in [3.05, 3.63) is 72.3 Å². The summed E-state index contributed by atoms with van der Waals surface area (Å²) in [5.41, 5.74) is 1.72. The summed E-state index contributed by atoms with van der Waals surface area (Å²) < 4.78 is 68.4. The van der Waals surface area contributed by atoms with Crippen molar-refractivity contribution in [1.29, 1.82) is 0 Å². The van der Waals surface area contributed by atoms with Gasteiger partial charge in [-0.15, -0.1) is 13.2 Å². The van der Waals surface area contributed by atoms with Crippen LogP contribution >= 0.6 is 12.2 Å². The molecule has 0 bridgehead atoms. The second-order valence-corrected chi connectivity index (χ2v) is 5.82. The fourth-order valence-electron chi connectivity index (χ4n) is 2.59. The Bertz CT molecular complexity index is 1020. The number of halogens is 5. The number of aliphatic imine (C=N–C) groups is 1. The van der Waals surface area contributed by atoms with Gasteiger partial charge in [0.1, 0.15) is 11.4 Å². The molecule has 3 aromatic rings. The zero-order valence-electron chi connectivity index (χ0n) is 13.9. The van der Waals surface area contributed by atoms with Crippen LogP contribution in [0.25, 0.3) is 22.3 Å². The van der Waals surface area contributed by atoms with E-state index in [9.17, 15) is 22.0 Å². The van der Waals surface area contributed by atoms with Crippen LogP contribution in [-0.4, -0.2) is 11.5 Å². The van der Waals surface area contributed by atoms with Gasteiger partial charge in [0.15, 0.2) is 11.6 Å². The van der Waals surface area contributed by atoms with Gasteiger partial charge in [-0.05, 0) is 58.7 Å². The number of hydrogen-bond donors (Lipinski definition) is 0. The quantitative estimate of drug-likeness (QED) is 0.266. The van der Waals surface area contributed by atoms with Crippen molar-refractivity contribution in [2.45, 2.75) is 6.36 Å². The molecule has 0 saturated heterocycles. The molecule has 0 aliphatic rings. The molecule has 0 heterocycles. The summed E-state index contributed by atoms with van der Waals surface area (Å²) in [4.78, 5) is 3.36. The van der Waals surface area contributed by atoms with Gasteiger partial charge >= 0.3 is 6.36 Å². The highest BCUT2D eigenvalue weighted by Crippen LogP contribution is 2.31. The number of thiocarbonyl (C=S) groups is 1. The molecule has 0 N–H and O–H groups in total. The van der Waals surface area contributed by atoms with E-state index in [2.05, 4.69) is 21.9 Å². The lowest BCUT2D eigenvalue weighted by Gasteiger charge is -2.10. The number of alkyl halides is 3. The molecular formula is C20H10F5NOS. The molecule has 3 rings (SSSR count). The lowest BCUT2D eigenvalue weighted by Crippen LogP contribution is -2.16. The lowest BCUT2D eigenvalue weighted by molar-refractivity contribution is -0.274. The smallest absolute Gasteiger partial charge is 0.406 e. The summed E-state index contributed by atoms with van der Waals surface area (Å²) in [7, 11) is 0. The van der Waals surface area contributed by atoms with Gasteiger partial charge in [0.2, 0.25) is 0 Å². The summed E-state index contributed by atoms with van der Waals surface area (Å²) in [6, 6.07) is 14.3. The van der Waals surface area contributed by atoms with Crippen LogP contribution in [0.4, 0.5) is 27.6 Å². The molecule has 0 unspecified atom stereocenters. The van der Waals surface area contributed by atoms with Crippen molar-refractivity contribution in [1.82, 2.24) is 0 Å². The molecule has 0 spiro atoms. The first-order valence-corrected chi connectivity index (χ1v) is 8.21. The average molecular weight is 407 g/mol. The maximum atomic E-state index is 14.0. The zero-order valence-corrected chi connectivity index (χ0v) is 14.7. The van der Waals surface area contributed by atoms with E-state index < -0.39 is 23.7 Å². The van der Waals surface area contributed by atoms with E-state index in [4.69, 9.17) is 0 Å². The number of hydrogen-bond acceptors (Lipinski definition) is 3. The SMILES string of the molecule is Fc1cc(-c2ccc(-c3ccc(OC(F)(F)F)cc3)cc2)cc(F)c1N=C=S. The molecule has 3 aromatic carbocycles. The van der Waals surface area contributed by atoms with Gasteiger partial charge in [-0.3, -0.25) is 0 Å². The zero-order chi connectivity index (χ0) is 20.3. The largest absolute Gasteiger partial charge is 0.573 e. The molecule has 0 aliphatic carbocycles. The highest BCUT2D eigenvalue weighted by atomic mass is 32.1. The van der Waals surface area contributed by atoms with Crippen LogP contribution in [0, 0.1) is 11.6 Å². The van der Waals surface area contributed by atoms with Crippen LogP contribution in [0.5, 0.6) is 5.75 Å². The van der Waals surface area contributed by atoms with E-state index in [0.29, 0.717) is 22.3 Å².